The fourth-order valence-corrected chi connectivity index (χ4v) is 3.94. The number of hydrogen-bond donors (Lipinski definition) is 1. The fourth-order valence-electron chi connectivity index (χ4n) is 2.87. The third-order valence-electron chi connectivity index (χ3n) is 4.45. The largest absolute Gasteiger partial charge is 0.304 e. The summed E-state index contributed by atoms with van der Waals surface area (Å²) in [5.74, 6) is -0.00434. The number of anilines is 1. The minimum absolute atomic E-state index is 0.00434. The molecule has 0 unspecified atom stereocenters. The van der Waals surface area contributed by atoms with Gasteiger partial charge in [-0.25, -0.2) is 8.42 Å². The second-order valence-corrected chi connectivity index (χ2v) is 8.18. The van der Waals surface area contributed by atoms with E-state index in [1.807, 2.05) is 0 Å². The number of piperazine rings is 1. The number of Topliss-reactive ketones (excluding diaryl/α,β-unsaturated/α-hetero) is 1. The number of carbonyl (C=O) groups excluding carboxylic acids is 1. The van der Waals surface area contributed by atoms with Crippen LogP contribution in [0.5, 0.6) is 0 Å². The highest BCUT2D eigenvalue weighted by molar-refractivity contribution is 7.92. The van der Waals surface area contributed by atoms with Crippen LogP contribution in [-0.4, -0.2) is 63.8 Å². The highest BCUT2D eigenvalue weighted by Crippen LogP contribution is 2.17. The number of benzene rings is 2. The van der Waals surface area contributed by atoms with E-state index in [4.69, 9.17) is 0 Å². The summed E-state index contributed by atoms with van der Waals surface area (Å²) in [6.07, 6.45) is 0. The van der Waals surface area contributed by atoms with Gasteiger partial charge in [0, 0.05) is 37.4 Å². The van der Waals surface area contributed by atoms with Crippen molar-refractivity contribution >= 4 is 21.5 Å². The molecule has 26 heavy (non-hydrogen) atoms. The first-order chi connectivity index (χ1) is 12.4. The number of likely N-dealkylation sites (N-methyl/N-ethyl adjacent to an activating group) is 1. The summed E-state index contributed by atoms with van der Waals surface area (Å²) in [6.45, 7) is 3.97. The first kappa shape index (κ1) is 18.6. The summed E-state index contributed by atoms with van der Waals surface area (Å²) in [5.41, 5.74) is 0.898. The standard InChI is InChI=1S/C19H23N3O3S/c1-21-10-12-22(13-11-21)15-19(23)16-6-5-7-17(14-16)20-26(24,25)18-8-3-2-4-9-18/h2-9,14,20H,10-13,15H2,1H3. The summed E-state index contributed by atoms with van der Waals surface area (Å²) in [5, 5.41) is 0. The van der Waals surface area contributed by atoms with Crippen LogP contribution in [0.2, 0.25) is 0 Å². The highest BCUT2D eigenvalue weighted by Gasteiger charge is 2.18. The lowest BCUT2D eigenvalue weighted by molar-refractivity contribution is 0.0876. The van der Waals surface area contributed by atoms with Gasteiger partial charge in [0.25, 0.3) is 10.0 Å². The third-order valence-corrected chi connectivity index (χ3v) is 5.85. The van der Waals surface area contributed by atoms with Crippen LogP contribution in [0.15, 0.2) is 59.5 Å². The van der Waals surface area contributed by atoms with E-state index >= 15 is 0 Å². The van der Waals surface area contributed by atoms with Crippen molar-refractivity contribution < 1.29 is 13.2 Å². The zero-order chi connectivity index (χ0) is 18.6. The van der Waals surface area contributed by atoms with Gasteiger partial charge in [-0.3, -0.25) is 14.4 Å². The molecule has 1 aliphatic rings. The molecular formula is C19H23N3O3S. The molecule has 0 atom stereocenters. The summed E-state index contributed by atoms with van der Waals surface area (Å²) < 4.78 is 27.4. The number of ketones is 1. The molecule has 0 bridgehead atoms. The maximum Gasteiger partial charge on any atom is 0.261 e. The zero-order valence-electron chi connectivity index (χ0n) is 14.8. The van der Waals surface area contributed by atoms with Crippen LogP contribution in [0.4, 0.5) is 5.69 Å². The van der Waals surface area contributed by atoms with Crippen molar-refractivity contribution in [3.8, 4) is 0 Å². The van der Waals surface area contributed by atoms with Gasteiger partial charge in [-0.1, -0.05) is 30.3 Å². The van der Waals surface area contributed by atoms with Gasteiger partial charge in [0.05, 0.1) is 11.4 Å². The molecule has 3 rings (SSSR count). The average molecular weight is 373 g/mol. The van der Waals surface area contributed by atoms with Gasteiger partial charge in [0.1, 0.15) is 0 Å². The monoisotopic (exact) mass is 373 g/mol. The maximum atomic E-state index is 12.5. The van der Waals surface area contributed by atoms with E-state index in [9.17, 15) is 13.2 Å². The SMILES string of the molecule is CN1CCN(CC(=O)c2cccc(NS(=O)(=O)c3ccccc3)c2)CC1. The van der Waals surface area contributed by atoms with Crippen molar-refractivity contribution in [2.75, 3.05) is 44.5 Å². The van der Waals surface area contributed by atoms with Crippen LogP contribution in [0, 0.1) is 0 Å². The molecule has 6 nitrogen and oxygen atoms in total. The lowest BCUT2D eigenvalue weighted by atomic mass is 10.1. The quantitative estimate of drug-likeness (QED) is 0.784. The van der Waals surface area contributed by atoms with Crippen molar-refractivity contribution in [1.82, 2.24) is 9.80 Å². The number of carbonyl (C=O) groups is 1. The minimum atomic E-state index is -3.67. The molecule has 7 heteroatoms. The molecule has 2 aromatic rings. The predicted molar refractivity (Wildman–Crippen MR) is 102 cm³/mol. The Labute approximate surface area is 154 Å². The van der Waals surface area contributed by atoms with Gasteiger partial charge in [-0.15, -0.1) is 0 Å². The molecule has 0 amide bonds. The number of sulfonamides is 1. The second kappa shape index (κ2) is 7.99. The molecule has 138 valence electrons. The van der Waals surface area contributed by atoms with Crippen LogP contribution in [0.1, 0.15) is 10.4 Å². The number of nitrogens with one attached hydrogen (secondary N) is 1. The summed E-state index contributed by atoms with van der Waals surface area (Å²) in [6, 6.07) is 14.8. The average Bonchev–Trinajstić information content (AvgIpc) is 2.64. The smallest absolute Gasteiger partial charge is 0.261 e. The molecular weight excluding hydrogens is 350 g/mol. The maximum absolute atomic E-state index is 12.5. The molecule has 2 aromatic carbocycles. The second-order valence-electron chi connectivity index (χ2n) is 6.50. The van der Waals surface area contributed by atoms with E-state index in [0.717, 1.165) is 26.2 Å². The van der Waals surface area contributed by atoms with Crippen LogP contribution in [-0.2, 0) is 10.0 Å². The molecule has 1 N–H and O–H groups in total. The van der Waals surface area contributed by atoms with Crippen LogP contribution in [0.3, 0.4) is 0 Å². The molecule has 0 aromatic heterocycles. The van der Waals surface area contributed by atoms with E-state index in [0.29, 0.717) is 17.8 Å². The van der Waals surface area contributed by atoms with Gasteiger partial charge in [-0.2, -0.15) is 0 Å². The highest BCUT2D eigenvalue weighted by atomic mass is 32.2. The molecule has 1 fully saturated rings. The Morgan fingerprint density at radius 1 is 1.00 bits per heavy atom. The van der Waals surface area contributed by atoms with E-state index < -0.39 is 10.0 Å². The normalized spacial score (nSPS) is 16.3. The Balaban J connectivity index is 1.69. The van der Waals surface area contributed by atoms with E-state index in [2.05, 4.69) is 21.6 Å². The molecule has 0 saturated carbocycles. The Hall–Kier alpha value is -2.22. The van der Waals surface area contributed by atoms with Crippen LogP contribution in [0.25, 0.3) is 0 Å². The van der Waals surface area contributed by atoms with Crippen LogP contribution >= 0.6 is 0 Å². The van der Waals surface area contributed by atoms with Crippen molar-refractivity contribution in [2.24, 2.45) is 0 Å². The van der Waals surface area contributed by atoms with Gasteiger partial charge < -0.3 is 4.90 Å². The molecule has 0 radical (unpaired) electrons. The minimum Gasteiger partial charge on any atom is -0.304 e. The van der Waals surface area contributed by atoms with Gasteiger partial charge in [0.15, 0.2) is 5.78 Å². The Kier molecular flexibility index (Phi) is 5.70. The molecule has 1 aliphatic heterocycles. The summed E-state index contributed by atoms with van der Waals surface area (Å²) in [7, 11) is -1.60. The number of nitrogens with zero attached hydrogens (tertiary/aromatic N) is 2. The predicted octanol–water partition coefficient (Wildman–Crippen LogP) is 1.92. The van der Waals surface area contributed by atoms with Gasteiger partial charge in [-0.05, 0) is 31.3 Å². The van der Waals surface area contributed by atoms with E-state index in [1.54, 1.807) is 42.5 Å². The topological polar surface area (TPSA) is 69.7 Å². The number of hydrogen-bond acceptors (Lipinski definition) is 5. The first-order valence-electron chi connectivity index (χ1n) is 8.56. The molecule has 0 spiro atoms. The van der Waals surface area contributed by atoms with Crippen LogP contribution < -0.4 is 4.72 Å². The molecule has 1 saturated heterocycles. The van der Waals surface area contributed by atoms with Gasteiger partial charge >= 0.3 is 0 Å². The Morgan fingerprint density at radius 3 is 2.38 bits per heavy atom. The molecule has 1 heterocycles. The van der Waals surface area contributed by atoms with Crippen molar-refractivity contribution in [2.45, 2.75) is 4.90 Å². The van der Waals surface area contributed by atoms with Gasteiger partial charge in [0.2, 0.25) is 0 Å². The van der Waals surface area contributed by atoms with Crippen molar-refractivity contribution in [1.29, 1.82) is 0 Å². The van der Waals surface area contributed by atoms with E-state index in [1.165, 1.54) is 12.1 Å². The summed E-state index contributed by atoms with van der Waals surface area (Å²) >= 11 is 0. The first-order valence-corrected chi connectivity index (χ1v) is 10.0. The Morgan fingerprint density at radius 2 is 1.69 bits per heavy atom. The third kappa shape index (κ3) is 4.69. The lowest BCUT2D eigenvalue weighted by Crippen LogP contribution is -2.46. The van der Waals surface area contributed by atoms with Crippen molar-refractivity contribution in [3.63, 3.8) is 0 Å². The Bertz CT molecular complexity index is 861. The molecule has 0 aliphatic carbocycles. The fraction of sp³-hybridized carbons (Fsp3) is 0.316. The summed E-state index contributed by atoms with van der Waals surface area (Å²) in [4.78, 5) is 17.1. The van der Waals surface area contributed by atoms with E-state index in [-0.39, 0.29) is 10.7 Å². The van der Waals surface area contributed by atoms with Crippen molar-refractivity contribution in [3.05, 3.63) is 60.2 Å². The number of rotatable bonds is 6. The zero-order valence-corrected chi connectivity index (χ0v) is 15.6. The lowest BCUT2D eigenvalue weighted by Gasteiger charge is -2.31.